The van der Waals surface area contributed by atoms with E-state index in [0.717, 1.165) is 109 Å². The number of Topliss-reactive ketones (excluding diaryl/α,β-unsaturated/α-hetero) is 4. The molecule has 10 heteroatoms. The molecule has 4 aromatic rings. The number of ether oxygens (including phenoxy) is 2. The highest BCUT2D eigenvalue weighted by Crippen LogP contribution is 2.60. The quantitative estimate of drug-likeness (QED) is 0.198. The highest BCUT2D eigenvalue weighted by Gasteiger charge is 2.54. The first-order chi connectivity index (χ1) is 32.2. The van der Waals surface area contributed by atoms with E-state index in [9.17, 15) is 19.2 Å². The molecule has 8 saturated carbocycles. The van der Waals surface area contributed by atoms with Crippen LogP contribution in [-0.2, 0) is 30.4 Å². The molecule has 8 atom stereocenters. The van der Waals surface area contributed by atoms with E-state index in [-0.39, 0.29) is 58.2 Å². The van der Waals surface area contributed by atoms with E-state index in [4.69, 9.17) is 19.5 Å². The molecule has 8 nitrogen and oxygen atoms in total. The lowest BCUT2D eigenvalue weighted by Gasteiger charge is -2.43. The Hall–Kier alpha value is -4.28. The van der Waals surface area contributed by atoms with Crippen LogP contribution in [0.25, 0.3) is 31.7 Å². The van der Waals surface area contributed by atoms with Crippen LogP contribution in [0.15, 0.2) is 46.4 Å². The zero-order chi connectivity index (χ0) is 44.1. The van der Waals surface area contributed by atoms with Crippen LogP contribution in [0.4, 0.5) is 10.0 Å². The summed E-state index contributed by atoms with van der Waals surface area (Å²) >= 11 is 3.09. The van der Waals surface area contributed by atoms with Gasteiger partial charge in [0.1, 0.15) is 32.7 Å². The number of carbonyl (C=O) groups is 4. The molecular weight excluding hydrogens is 861 g/mol. The number of nitrogens with zero attached hydrogens (tertiary/aromatic N) is 2. The zero-order valence-corrected chi connectivity index (χ0v) is 39.4. The number of ketones is 4. The molecule has 0 saturated heterocycles. The first kappa shape index (κ1) is 40.8. The van der Waals surface area contributed by atoms with Crippen molar-refractivity contribution in [3.63, 3.8) is 0 Å². The summed E-state index contributed by atoms with van der Waals surface area (Å²) in [6, 6.07) is 13.5. The van der Waals surface area contributed by atoms with Crippen molar-refractivity contribution in [3.8, 4) is 32.4 Å². The van der Waals surface area contributed by atoms with Gasteiger partial charge >= 0.3 is 0 Å². The number of carbonyl (C=O) groups excluding carboxylic acids is 4. The van der Waals surface area contributed by atoms with E-state index in [1.165, 1.54) is 86.5 Å². The molecule has 0 radical (unpaired) electrons. The van der Waals surface area contributed by atoms with Crippen LogP contribution in [0.1, 0.15) is 152 Å². The van der Waals surface area contributed by atoms with Gasteiger partial charge in [-0.3, -0.25) is 19.2 Å². The SMILES string of the molecule is O=C1C(=Nc2cc3c(s2)-c2cc4cc5c(cc4cc2C2(CCCCC2)O3)-c2sc(N=C3C(=O)C4CC6CCCCC6CC4C3=O)cc2OC52CCCCC2)C(=O)C2CC3CCCCC3CC12. The summed E-state index contributed by atoms with van der Waals surface area (Å²) in [7, 11) is 0. The molecule has 0 N–H and O–H groups in total. The summed E-state index contributed by atoms with van der Waals surface area (Å²) in [5, 5.41) is 3.65. The summed E-state index contributed by atoms with van der Waals surface area (Å²) < 4.78 is 14.4. The van der Waals surface area contributed by atoms with Crippen molar-refractivity contribution in [3.05, 3.63) is 47.5 Å². The maximum atomic E-state index is 14.0. The molecule has 66 heavy (non-hydrogen) atoms. The lowest BCUT2D eigenvalue weighted by Crippen LogP contribution is -2.38. The Labute approximate surface area is 394 Å². The molecule has 8 aliphatic carbocycles. The minimum Gasteiger partial charge on any atom is -0.481 e. The van der Waals surface area contributed by atoms with Crippen LogP contribution >= 0.6 is 22.7 Å². The fraction of sp³-hybridized carbons (Fsp3) is 0.571. The molecule has 14 rings (SSSR count). The van der Waals surface area contributed by atoms with Crippen molar-refractivity contribution in [1.82, 2.24) is 0 Å². The third kappa shape index (κ3) is 6.10. The van der Waals surface area contributed by atoms with Gasteiger partial charge in [0, 0.05) is 58.1 Å². The molecule has 4 heterocycles. The second-order valence-electron chi connectivity index (χ2n) is 22.4. The monoisotopic (exact) mass is 918 g/mol. The minimum absolute atomic E-state index is 0.0380. The van der Waals surface area contributed by atoms with Crippen molar-refractivity contribution >= 4 is 78.0 Å². The van der Waals surface area contributed by atoms with Crippen LogP contribution in [0.3, 0.4) is 0 Å². The van der Waals surface area contributed by atoms with Gasteiger partial charge in [-0.15, -0.1) is 22.7 Å². The van der Waals surface area contributed by atoms with Crippen molar-refractivity contribution < 1.29 is 28.7 Å². The van der Waals surface area contributed by atoms with E-state index < -0.39 is 11.2 Å². The summed E-state index contributed by atoms with van der Waals surface area (Å²) in [5.41, 5.74) is 4.14. The maximum absolute atomic E-state index is 14.0. The van der Waals surface area contributed by atoms with Crippen molar-refractivity contribution in [2.24, 2.45) is 57.3 Å². The van der Waals surface area contributed by atoms with Gasteiger partial charge in [-0.2, -0.15) is 0 Å². The van der Waals surface area contributed by atoms with Gasteiger partial charge in [0.2, 0.25) is 0 Å². The highest BCUT2D eigenvalue weighted by molar-refractivity contribution is 7.20. The summed E-state index contributed by atoms with van der Waals surface area (Å²) in [6.07, 6.45) is 23.4. The van der Waals surface area contributed by atoms with Gasteiger partial charge < -0.3 is 9.47 Å². The fourth-order valence-electron chi connectivity index (χ4n) is 15.7. The van der Waals surface area contributed by atoms with E-state index >= 15 is 0 Å². The molecule has 340 valence electrons. The van der Waals surface area contributed by atoms with Crippen LogP contribution in [0, 0.1) is 47.3 Å². The molecule has 2 aliphatic heterocycles. The molecule has 10 aliphatic rings. The van der Waals surface area contributed by atoms with Crippen LogP contribution in [-0.4, -0.2) is 34.6 Å². The van der Waals surface area contributed by atoms with Gasteiger partial charge in [-0.1, -0.05) is 64.2 Å². The summed E-state index contributed by atoms with van der Waals surface area (Å²) in [5.74, 6) is 2.91. The Kier molecular flexibility index (Phi) is 9.33. The number of thiophene rings is 2. The summed E-state index contributed by atoms with van der Waals surface area (Å²) in [6.45, 7) is 0. The van der Waals surface area contributed by atoms with Crippen molar-refractivity contribution in [1.29, 1.82) is 0 Å². The molecule has 0 amide bonds. The Bertz CT molecular complexity index is 2590. The lowest BCUT2D eigenvalue weighted by molar-refractivity contribution is -0.123. The Morgan fingerprint density at radius 1 is 0.439 bits per heavy atom. The van der Waals surface area contributed by atoms with Gasteiger partial charge in [0.05, 0.1) is 9.75 Å². The van der Waals surface area contributed by atoms with Gasteiger partial charge in [0.15, 0.2) is 34.6 Å². The largest absolute Gasteiger partial charge is 0.481 e. The third-order valence-corrected chi connectivity index (χ3v) is 21.0. The second kappa shape index (κ2) is 15.1. The van der Waals surface area contributed by atoms with E-state index in [1.807, 2.05) is 12.1 Å². The molecule has 2 aromatic heterocycles. The molecular formula is C56H58N2O6S2. The van der Waals surface area contributed by atoms with Gasteiger partial charge in [-0.25, -0.2) is 9.98 Å². The standard InChI is InChI=1S/C56H58N2O6S2/c59-49-35-19-29-11-3-4-12-30(29)20-36(35)50(60)47(49)57-45-27-43-53(65-45)39-23-34-26-42-40(24-33(34)25-41(39)55(63-43)15-7-1-8-16-55)54-44(64-56(42)17-9-2-10-18-56)28-46(66-54)58-48-51(61)37-21-31-13-5-6-14-32(31)22-38(37)52(48)62/h23-32,35-38H,1-22H2. The van der Waals surface area contributed by atoms with Crippen molar-refractivity contribution in [2.75, 3.05) is 0 Å². The predicted octanol–water partition coefficient (Wildman–Crippen LogP) is 13.5. The first-order valence-corrected chi connectivity index (χ1v) is 27.5. The molecule has 8 unspecified atom stereocenters. The van der Waals surface area contributed by atoms with E-state index in [2.05, 4.69) is 24.3 Å². The fourth-order valence-corrected chi connectivity index (χ4v) is 17.7. The molecule has 8 fully saturated rings. The first-order valence-electron chi connectivity index (χ1n) is 25.9. The topological polar surface area (TPSA) is 111 Å². The number of benzene rings is 2. The van der Waals surface area contributed by atoms with Crippen LogP contribution in [0.2, 0.25) is 0 Å². The Morgan fingerprint density at radius 2 is 0.788 bits per heavy atom. The number of hydrogen-bond donors (Lipinski definition) is 0. The average Bonchev–Trinajstić information content (AvgIpc) is 4.06. The summed E-state index contributed by atoms with van der Waals surface area (Å²) in [4.78, 5) is 67.7. The van der Waals surface area contributed by atoms with E-state index in [0.29, 0.717) is 33.7 Å². The lowest BCUT2D eigenvalue weighted by atomic mass is 9.64. The van der Waals surface area contributed by atoms with Crippen LogP contribution < -0.4 is 9.47 Å². The molecule has 2 aromatic carbocycles. The van der Waals surface area contributed by atoms with Crippen molar-refractivity contribution in [2.45, 2.75) is 152 Å². The molecule has 2 spiro atoms. The van der Waals surface area contributed by atoms with E-state index in [1.54, 1.807) is 22.7 Å². The molecule has 0 bridgehead atoms. The third-order valence-electron chi connectivity index (χ3n) is 18.9. The van der Waals surface area contributed by atoms with Crippen LogP contribution in [0.5, 0.6) is 11.5 Å². The predicted molar refractivity (Wildman–Crippen MR) is 259 cm³/mol. The van der Waals surface area contributed by atoms with Gasteiger partial charge in [-0.05, 0) is 136 Å². The normalized spacial score (nSPS) is 32.4. The second-order valence-corrected chi connectivity index (χ2v) is 24.4. The maximum Gasteiger partial charge on any atom is 0.188 e. The number of fused-ring (bicyclic) bond motifs is 13. The average molecular weight is 919 g/mol. The number of aliphatic imine (C=N–C) groups is 2. The minimum atomic E-state index is -0.471. The smallest absolute Gasteiger partial charge is 0.188 e. The zero-order valence-electron chi connectivity index (χ0n) is 37.8. The number of rotatable bonds is 2. The van der Waals surface area contributed by atoms with Gasteiger partial charge in [0.25, 0.3) is 0 Å². The Morgan fingerprint density at radius 3 is 1.14 bits per heavy atom. The Balaban J connectivity index is 0.850. The number of hydrogen-bond acceptors (Lipinski definition) is 10. The highest BCUT2D eigenvalue weighted by atomic mass is 32.1.